The minimum Gasteiger partial charge on any atom is -0.487 e. The van der Waals surface area contributed by atoms with Gasteiger partial charge in [0.25, 0.3) is 0 Å². The quantitative estimate of drug-likeness (QED) is 0.910. The molecule has 1 aromatic carbocycles. The van der Waals surface area contributed by atoms with Crippen LogP contribution in [0.25, 0.3) is 0 Å². The Morgan fingerprint density at radius 3 is 2.91 bits per heavy atom. The number of carbonyl (C=O) groups excluding carboxylic acids is 1. The molecule has 0 saturated heterocycles. The predicted molar refractivity (Wildman–Crippen MR) is 90.8 cm³/mol. The molecular formula is C17H25ClN2O2. The highest BCUT2D eigenvalue weighted by Crippen LogP contribution is 2.38. The van der Waals surface area contributed by atoms with Crippen LogP contribution in [0, 0.1) is 18.8 Å². The van der Waals surface area contributed by atoms with E-state index in [-0.39, 0.29) is 30.3 Å². The van der Waals surface area contributed by atoms with Crippen LogP contribution in [0.4, 0.5) is 5.69 Å². The normalized spacial score (nSPS) is 26.9. The molecule has 1 amide bonds. The van der Waals surface area contributed by atoms with Gasteiger partial charge in [0.2, 0.25) is 5.91 Å². The van der Waals surface area contributed by atoms with Crippen LogP contribution in [0.1, 0.15) is 31.7 Å². The van der Waals surface area contributed by atoms with Crippen LogP contribution in [0.15, 0.2) is 18.2 Å². The van der Waals surface area contributed by atoms with Gasteiger partial charge in [0.15, 0.2) is 0 Å². The SMILES string of the molecule is Cc1ccc2c(c1)OC(C)CN2C(=O)[C@@H]1CCC[C@@H]1CN.Cl. The molecule has 0 spiro atoms. The lowest BCUT2D eigenvalue weighted by atomic mass is 9.94. The third-order valence-corrected chi connectivity index (χ3v) is 4.72. The molecule has 2 N–H and O–H groups in total. The summed E-state index contributed by atoms with van der Waals surface area (Å²) >= 11 is 0. The van der Waals surface area contributed by atoms with E-state index in [9.17, 15) is 4.79 Å². The van der Waals surface area contributed by atoms with Crippen LogP contribution in [0.3, 0.4) is 0 Å². The maximum absolute atomic E-state index is 13.0. The number of anilines is 1. The Kier molecular flexibility index (Phi) is 5.35. The zero-order valence-corrected chi connectivity index (χ0v) is 14.1. The second-order valence-electron chi connectivity index (χ2n) is 6.38. The lowest BCUT2D eigenvalue weighted by Crippen LogP contribution is -2.46. The third-order valence-electron chi connectivity index (χ3n) is 4.72. The number of halogens is 1. The van der Waals surface area contributed by atoms with Crippen LogP contribution in [0.2, 0.25) is 0 Å². The number of hydrogen-bond acceptors (Lipinski definition) is 3. The average molecular weight is 325 g/mol. The fourth-order valence-electron chi connectivity index (χ4n) is 3.60. The summed E-state index contributed by atoms with van der Waals surface area (Å²) in [5, 5.41) is 0. The Labute approximate surface area is 138 Å². The van der Waals surface area contributed by atoms with E-state index in [2.05, 4.69) is 0 Å². The fraction of sp³-hybridized carbons (Fsp3) is 0.588. The standard InChI is InChI=1S/C17H24N2O2.ClH/c1-11-6-7-15-16(8-11)21-12(2)10-19(15)17(20)14-5-3-4-13(14)9-18;/h6-8,12-14H,3-5,9-10,18H2,1-2H3;1H/t12?,13-,14-;/m1./s1. The molecule has 1 aromatic rings. The molecule has 1 fully saturated rings. The zero-order chi connectivity index (χ0) is 15.0. The minimum atomic E-state index is 0. The van der Waals surface area contributed by atoms with Crippen molar-refractivity contribution < 1.29 is 9.53 Å². The van der Waals surface area contributed by atoms with Gasteiger partial charge < -0.3 is 15.4 Å². The molecule has 0 radical (unpaired) electrons. The van der Waals surface area contributed by atoms with Crippen molar-refractivity contribution in [2.45, 2.75) is 39.2 Å². The maximum Gasteiger partial charge on any atom is 0.230 e. The molecule has 0 aromatic heterocycles. The van der Waals surface area contributed by atoms with E-state index < -0.39 is 0 Å². The Morgan fingerprint density at radius 1 is 1.41 bits per heavy atom. The van der Waals surface area contributed by atoms with E-state index in [1.807, 2.05) is 36.9 Å². The van der Waals surface area contributed by atoms with Crippen molar-refractivity contribution in [2.24, 2.45) is 17.6 Å². The smallest absolute Gasteiger partial charge is 0.230 e. The summed E-state index contributed by atoms with van der Waals surface area (Å²) in [5.74, 6) is 1.46. The topological polar surface area (TPSA) is 55.6 Å². The maximum atomic E-state index is 13.0. The minimum absolute atomic E-state index is 0. The Morgan fingerprint density at radius 2 is 2.18 bits per heavy atom. The Bertz CT molecular complexity index is 549. The third kappa shape index (κ3) is 3.08. The van der Waals surface area contributed by atoms with Gasteiger partial charge in [-0.3, -0.25) is 4.79 Å². The molecule has 1 aliphatic carbocycles. The Balaban J connectivity index is 0.00000176. The highest BCUT2D eigenvalue weighted by Gasteiger charge is 2.37. The monoisotopic (exact) mass is 324 g/mol. The number of nitrogens with zero attached hydrogens (tertiary/aromatic N) is 1. The van der Waals surface area contributed by atoms with E-state index in [1.165, 1.54) is 0 Å². The van der Waals surface area contributed by atoms with Crippen molar-refractivity contribution in [1.29, 1.82) is 0 Å². The van der Waals surface area contributed by atoms with Gasteiger partial charge in [0.05, 0.1) is 12.2 Å². The van der Waals surface area contributed by atoms with Gasteiger partial charge in [0.1, 0.15) is 11.9 Å². The van der Waals surface area contributed by atoms with Gasteiger partial charge >= 0.3 is 0 Å². The van der Waals surface area contributed by atoms with Crippen molar-refractivity contribution in [3.63, 3.8) is 0 Å². The first-order valence-corrected chi connectivity index (χ1v) is 7.89. The predicted octanol–water partition coefficient (Wildman–Crippen LogP) is 2.91. The number of rotatable bonds is 2. The van der Waals surface area contributed by atoms with Crippen molar-refractivity contribution in [3.8, 4) is 5.75 Å². The van der Waals surface area contributed by atoms with E-state index in [1.54, 1.807) is 0 Å². The summed E-state index contributed by atoms with van der Waals surface area (Å²) in [6.07, 6.45) is 3.18. The fourth-order valence-corrected chi connectivity index (χ4v) is 3.60. The van der Waals surface area contributed by atoms with E-state index in [0.717, 1.165) is 36.3 Å². The number of ether oxygens (including phenoxy) is 1. The van der Waals surface area contributed by atoms with Crippen molar-refractivity contribution in [2.75, 3.05) is 18.0 Å². The van der Waals surface area contributed by atoms with Gasteiger partial charge in [-0.1, -0.05) is 12.5 Å². The van der Waals surface area contributed by atoms with E-state index in [0.29, 0.717) is 19.0 Å². The molecule has 3 rings (SSSR count). The molecule has 22 heavy (non-hydrogen) atoms. The molecule has 4 nitrogen and oxygen atoms in total. The van der Waals surface area contributed by atoms with Crippen LogP contribution < -0.4 is 15.4 Å². The highest BCUT2D eigenvalue weighted by molar-refractivity contribution is 5.97. The average Bonchev–Trinajstić information content (AvgIpc) is 2.93. The van der Waals surface area contributed by atoms with Crippen LogP contribution >= 0.6 is 12.4 Å². The van der Waals surface area contributed by atoms with Crippen LogP contribution in [-0.2, 0) is 4.79 Å². The number of amides is 1. The molecular weight excluding hydrogens is 300 g/mol. The summed E-state index contributed by atoms with van der Waals surface area (Å²) in [4.78, 5) is 14.9. The second kappa shape index (κ2) is 6.88. The van der Waals surface area contributed by atoms with Crippen LogP contribution in [0.5, 0.6) is 5.75 Å². The number of fused-ring (bicyclic) bond motifs is 1. The molecule has 2 aliphatic rings. The summed E-state index contributed by atoms with van der Waals surface area (Å²) in [7, 11) is 0. The zero-order valence-electron chi connectivity index (χ0n) is 13.2. The number of carbonyl (C=O) groups is 1. The first-order valence-electron chi connectivity index (χ1n) is 7.89. The lowest BCUT2D eigenvalue weighted by molar-refractivity contribution is -0.123. The summed E-state index contributed by atoms with van der Waals surface area (Å²) in [6.45, 7) is 5.29. The second-order valence-corrected chi connectivity index (χ2v) is 6.38. The molecule has 3 atom stereocenters. The van der Waals surface area contributed by atoms with E-state index in [4.69, 9.17) is 10.5 Å². The number of nitrogens with two attached hydrogens (primary N) is 1. The van der Waals surface area contributed by atoms with Crippen molar-refractivity contribution >= 4 is 24.0 Å². The summed E-state index contributed by atoms with van der Waals surface area (Å²) in [5.41, 5.74) is 7.90. The number of hydrogen-bond donors (Lipinski definition) is 1. The molecule has 1 heterocycles. The van der Waals surface area contributed by atoms with Gasteiger partial charge in [-0.2, -0.15) is 0 Å². The lowest BCUT2D eigenvalue weighted by Gasteiger charge is -2.36. The van der Waals surface area contributed by atoms with Gasteiger partial charge in [-0.15, -0.1) is 12.4 Å². The van der Waals surface area contributed by atoms with Crippen molar-refractivity contribution in [3.05, 3.63) is 23.8 Å². The number of benzene rings is 1. The summed E-state index contributed by atoms with van der Waals surface area (Å²) < 4.78 is 5.89. The number of aryl methyl sites for hydroxylation is 1. The van der Waals surface area contributed by atoms with Gasteiger partial charge in [-0.05, 0) is 56.8 Å². The molecule has 1 saturated carbocycles. The van der Waals surface area contributed by atoms with E-state index >= 15 is 0 Å². The largest absolute Gasteiger partial charge is 0.487 e. The first kappa shape index (κ1) is 17.1. The first-order chi connectivity index (χ1) is 10.1. The molecule has 0 bridgehead atoms. The van der Waals surface area contributed by atoms with Gasteiger partial charge in [-0.25, -0.2) is 0 Å². The molecule has 122 valence electrons. The highest BCUT2D eigenvalue weighted by atomic mass is 35.5. The molecule has 5 heteroatoms. The molecule has 1 unspecified atom stereocenters. The molecule has 1 aliphatic heterocycles. The van der Waals surface area contributed by atoms with Crippen molar-refractivity contribution in [1.82, 2.24) is 0 Å². The van der Waals surface area contributed by atoms with Gasteiger partial charge in [0, 0.05) is 5.92 Å². The summed E-state index contributed by atoms with van der Waals surface area (Å²) in [6, 6.07) is 6.05. The van der Waals surface area contributed by atoms with Crippen LogP contribution in [-0.4, -0.2) is 25.1 Å². The Hall–Kier alpha value is -1.26.